The largest absolute Gasteiger partial charge is 0.481 e. The van der Waals surface area contributed by atoms with E-state index < -0.39 is 95.3 Å². The van der Waals surface area contributed by atoms with Gasteiger partial charge >= 0.3 is 15.6 Å². The van der Waals surface area contributed by atoms with Gasteiger partial charge in [-0.2, -0.15) is 9.29 Å². The van der Waals surface area contributed by atoms with Crippen molar-refractivity contribution in [3.8, 4) is 0 Å². The van der Waals surface area contributed by atoms with Crippen LogP contribution in [0.5, 0.6) is 0 Å². The number of nitrogen functional groups attached to an aromatic ring is 1. The number of piperidine rings is 1. The summed E-state index contributed by atoms with van der Waals surface area (Å²) in [6.07, 6.45) is -9.63. The number of rotatable bonds is 11. The number of hydrogen-bond acceptors (Lipinski definition) is 17. The van der Waals surface area contributed by atoms with Gasteiger partial charge in [0.15, 0.2) is 17.4 Å². The van der Waals surface area contributed by atoms with Crippen LogP contribution in [0.3, 0.4) is 0 Å². The third kappa shape index (κ3) is 7.29. The van der Waals surface area contributed by atoms with Crippen LogP contribution in [-0.2, 0) is 36.8 Å². The number of ether oxygens (including phenoxy) is 2. The molecule has 0 aliphatic carbocycles. The van der Waals surface area contributed by atoms with Gasteiger partial charge in [-0.3, -0.25) is 33.1 Å². The summed E-state index contributed by atoms with van der Waals surface area (Å²) in [5.41, 5.74) is 10.0. The lowest BCUT2D eigenvalue weighted by atomic mass is 9.96. The van der Waals surface area contributed by atoms with Crippen LogP contribution < -0.4 is 17.0 Å². The maximum absolute atomic E-state index is 12.4. The molecule has 3 fully saturated rings. The number of anilines is 1. The molecule has 3 aliphatic heterocycles. The van der Waals surface area contributed by atoms with Gasteiger partial charge in [0.1, 0.15) is 42.9 Å². The molecule has 0 spiro atoms. The Morgan fingerprint density at radius 2 is 1.60 bits per heavy atom. The van der Waals surface area contributed by atoms with Gasteiger partial charge < -0.3 is 51.2 Å². The quantitative estimate of drug-likeness (QED) is 0.102. The Kier molecular flexibility index (Phi) is 9.81. The van der Waals surface area contributed by atoms with Crippen LogP contribution in [0.4, 0.5) is 5.95 Å². The number of phosphoric acid groups is 2. The summed E-state index contributed by atoms with van der Waals surface area (Å²) in [5, 5.41) is 41.8. The molecule has 5 heterocycles. The number of carbonyl (C=O) groups excluding carboxylic acids is 1. The van der Waals surface area contributed by atoms with Gasteiger partial charge in [0, 0.05) is 13.1 Å². The highest BCUT2D eigenvalue weighted by atomic mass is 31.3. The van der Waals surface area contributed by atoms with Crippen LogP contribution in [-0.4, -0.2) is 130 Å². The number of nitrogens with one attached hydrogen (secondary N) is 1. The summed E-state index contributed by atoms with van der Waals surface area (Å²) >= 11 is 0. The van der Waals surface area contributed by atoms with Crippen molar-refractivity contribution < 1.29 is 67.0 Å². The molecule has 0 saturated carbocycles. The Bertz CT molecular complexity index is 1560. The van der Waals surface area contributed by atoms with Crippen molar-refractivity contribution in [1.29, 1.82) is 0 Å². The number of aromatic nitrogens is 4. The van der Waals surface area contributed by atoms with E-state index in [1.165, 1.54) is 0 Å². The third-order valence-electron chi connectivity index (χ3n) is 7.62. The second-order valence-electron chi connectivity index (χ2n) is 10.7. The SMILES string of the molecule is NC(=O)C1CCCN(C2OC(COP(=O)(O)OP(=O)(O)OCC3OC(n4cnc5c(=O)[nH]c(N)nc54)C(O)C3O)C(O)C2O)C1. The van der Waals surface area contributed by atoms with Crippen molar-refractivity contribution in [2.75, 3.05) is 32.0 Å². The van der Waals surface area contributed by atoms with Gasteiger partial charge in [-0.25, -0.2) is 14.1 Å². The first-order valence-corrected chi connectivity index (χ1v) is 16.5. The molecule has 2 aromatic heterocycles. The molecule has 22 nitrogen and oxygen atoms in total. The predicted octanol–water partition coefficient (Wildman–Crippen LogP) is -3.78. The molecular formula is C21H33N7O15P2. The number of aromatic amines is 1. The minimum Gasteiger partial charge on any atom is -0.387 e. The van der Waals surface area contributed by atoms with E-state index in [2.05, 4.69) is 19.3 Å². The van der Waals surface area contributed by atoms with Gasteiger partial charge in [0.25, 0.3) is 5.56 Å². The standard InChI is InChI=1S/C21H33N7O15P2/c22-16(33)8-2-1-3-27(4-8)19-14(31)12(29)9(41-19)5-39-44(35,36)43-45(37,38)40-6-10-13(30)15(32)20(42-10)28-7-24-11-17(28)25-21(23)26-18(11)34/h7-10,12-15,19-20,29-32H,1-6H2,(H2,22,33)(H,35,36)(H,37,38)(H3,23,25,26,34). The molecule has 3 saturated heterocycles. The number of hydrogen-bond donors (Lipinski definition) is 9. The monoisotopic (exact) mass is 685 g/mol. The molecule has 3 aliphatic rings. The van der Waals surface area contributed by atoms with Crippen molar-refractivity contribution >= 4 is 38.7 Å². The normalized spacial score (nSPS) is 35.4. The summed E-state index contributed by atoms with van der Waals surface area (Å²) in [5.74, 6) is -1.29. The van der Waals surface area contributed by atoms with E-state index in [1.807, 2.05) is 0 Å². The van der Waals surface area contributed by atoms with E-state index in [1.54, 1.807) is 4.90 Å². The first-order valence-electron chi connectivity index (χ1n) is 13.5. The van der Waals surface area contributed by atoms with Crippen molar-refractivity contribution in [2.24, 2.45) is 11.7 Å². The smallest absolute Gasteiger partial charge is 0.387 e. The van der Waals surface area contributed by atoms with Crippen LogP contribution >= 0.6 is 15.6 Å². The van der Waals surface area contributed by atoms with Crippen molar-refractivity contribution in [2.45, 2.75) is 61.9 Å². The zero-order valence-electron chi connectivity index (χ0n) is 23.2. The molecule has 11 N–H and O–H groups in total. The molecule has 11 atom stereocenters. The van der Waals surface area contributed by atoms with Crippen LogP contribution in [0, 0.1) is 5.92 Å². The zero-order chi connectivity index (χ0) is 32.8. The van der Waals surface area contributed by atoms with Crippen molar-refractivity contribution in [3.05, 3.63) is 16.7 Å². The Morgan fingerprint density at radius 3 is 2.20 bits per heavy atom. The topological polar surface area (TPSA) is 338 Å². The lowest BCUT2D eigenvalue weighted by molar-refractivity contribution is -0.131. The predicted molar refractivity (Wildman–Crippen MR) is 145 cm³/mol. The number of nitrogens with zero attached hydrogens (tertiary/aromatic N) is 4. The van der Waals surface area contributed by atoms with Crippen molar-refractivity contribution in [3.63, 3.8) is 0 Å². The first-order chi connectivity index (χ1) is 21.1. The van der Waals surface area contributed by atoms with Gasteiger partial charge in [-0.15, -0.1) is 0 Å². The molecule has 24 heteroatoms. The molecule has 11 unspecified atom stereocenters. The lowest BCUT2D eigenvalue weighted by Crippen LogP contribution is -2.50. The fourth-order valence-corrected chi connectivity index (χ4v) is 7.47. The van der Waals surface area contributed by atoms with E-state index in [-0.39, 0.29) is 23.7 Å². The van der Waals surface area contributed by atoms with E-state index in [0.29, 0.717) is 19.4 Å². The Balaban J connectivity index is 1.14. The molecule has 1 amide bonds. The number of amides is 1. The van der Waals surface area contributed by atoms with E-state index in [4.69, 9.17) is 30.0 Å². The summed E-state index contributed by atoms with van der Waals surface area (Å²) in [6, 6.07) is 0. The average Bonchev–Trinajstić information content (AvgIpc) is 3.60. The van der Waals surface area contributed by atoms with Crippen LogP contribution in [0.25, 0.3) is 11.2 Å². The summed E-state index contributed by atoms with van der Waals surface area (Å²) in [4.78, 5) is 55.3. The van der Waals surface area contributed by atoms with Gasteiger partial charge in [-0.1, -0.05) is 0 Å². The number of aliphatic hydroxyl groups excluding tert-OH is 4. The number of imidazole rings is 1. The molecule has 2 aromatic rings. The Morgan fingerprint density at radius 1 is 1.02 bits per heavy atom. The van der Waals surface area contributed by atoms with E-state index in [0.717, 1.165) is 10.9 Å². The minimum absolute atomic E-state index is 0.0930. The second kappa shape index (κ2) is 13.0. The number of H-pyrrole nitrogens is 1. The van der Waals surface area contributed by atoms with Crippen LogP contribution in [0.15, 0.2) is 11.1 Å². The first kappa shape index (κ1) is 33.9. The number of fused-ring (bicyclic) bond motifs is 1. The number of likely N-dealkylation sites (tertiary alicyclic amines) is 1. The lowest BCUT2D eigenvalue weighted by Gasteiger charge is -2.36. The molecule has 252 valence electrons. The minimum atomic E-state index is -5.39. The summed E-state index contributed by atoms with van der Waals surface area (Å²) in [7, 11) is -10.8. The second-order valence-corrected chi connectivity index (χ2v) is 13.8. The van der Waals surface area contributed by atoms with E-state index in [9.17, 15) is 48.9 Å². The number of nitrogens with two attached hydrogens (primary N) is 2. The Hall–Kier alpha value is -2.40. The summed E-state index contributed by atoms with van der Waals surface area (Å²) in [6.45, 7) is -1.23. The molecule has 0 radical (unpaired) electrons. The van der Waals surface area contributed by atoms with Crippen LogP contribution in [0.1, 0.15) is 19.1 Å². The molecular weight excluding hydrogens is 652 g/mol. The average molecular weight is 685 g/mol. The number of aliphatic hydroxyl groups is 4. The highest BCUT2D eigenvalue weighted by molar-refractivity contribution is 7.61. The number of primary amides is 1. The van der Waals surface area contributed by atoms with E-state index >= 15 is 0 Å². The third-order valence-corrected chi connectivity index (χ3v) is 10.2. The molecule has 0 bridgehead atoms. The number of carbonyl (C=O) groups is 1. The van der Waals surface area contributed by atoms with Crippen molar-refractivity contribution in [1.82, 2.24) is 24.4 Å². The molecule has 0 aromatic carbocycles. The molecule has 5 rings (SSSR count). The highest BCUT2D eigenvalue weighted by Crippen LogP contribution is 2.60. The summed E-state index contributed by atoms with van der Waals surface area (Å²) < 4.78 is 50.8. The fourth-order valence-electron chi connectivity index (χ4n) is 5.38. The zero-order valence-corrected chi connectivity index (χ0v) is 25.0. The number of phosphoric ester groups is 2. The fraction of sp³-hybridized carbons (Fsp3) is 0.714. The van der Waals surface area contributed by atoms with Gasteiger partial charge in [0.2, 0.25) is 11.9 Å². The maximum Gasteiger partial charge on any atom is 0.481 e. The van der Waals surface area contributed by atoms with Crippen LogP contribution in [0.2, 0.25) is 0 Å². The Labute approximate surface area is 252 Å². The highest BCUT2D eigenvalue weighted by Gasteiger charge is 2.49. The molecule has 45 heavy (non-hydrogen) atoms. The maximum atomic E-state index is 12.4. The van der Waals surface area contributed by atoms with Gasteiger partial charge in [0.05, 0.1) is 25.5 Å². The van der Waals surface area contributed by atoms with Gasteiger partial charge in [-0.05, 0) is 12.8 Å².